The molecule has 17 heavy (non-hydrogen) atoms. The molecule has 3 N–H and O–H groups in total. The van der Waals surface area contributed by atoms with E-state index in [0.717, 1.165) is 12.2 Å². The molecule has 1 saturated carbocycles. The van der Waals surface area contributed by atoms with Crippen molar-refractivity contribution in [1.29, 1.82) is 0 Å². The predicted octanol–water partition coefficient (Wildman–Crippen LogP) is 2.62. The molecule has 2 rings (SSSR count). The Kier molecular flexibility index (Phi) is 4.54. The minimum Gasteiger partial charge on any atom is -0.327 e. The average molecular weight is 253 g/mol. The summed E-state index contributed by atoms with van der Waals surface area (Å²) < 4.78 is 0. The van der Waals surface area contributed by atoms with E-state index in [9.17, 15) is 0 Å². The maximum absolute atomic E-state index is 6.15. The fourth-order valence-corrected chi connectivity index (χ4v) is 3.30. The molecule has 3 atom stereocenters. The fourth-order valence-electron chi connectivity index (χ4n) is 2.48. The third kappa shape index (κ3) is 3.50. The number of thiazole rings is 1. The molecule has 1 heterocycles. The second-order valence-electron chi connectivity index (χ2n) is 5.17. The van der Waals surface area contributed by atoms with Gasteiger partial charge < -0.3 is 11.1 Å². The highest BCUT2D eigenvalue weighted by Gasteiger charge is 2.22. The molecule has 0 amide bonds. The summed E-state index contributed by atoms with van der Waals surface area (Å²) in [6.45, 7) is 5.26. The second kappa shape index (κ2) is 5.94. The molecule has 1 aromatic heterocycles. The smallest absolute Gasteiger partial charge is 0.110 e. The lowest BCUT2D eigenvalue weighted by atomic mass is 9.85. The summed E-state index contributed by atoms with van der Waals surface area (Å²) in [5, 5.41) is 6.88. The zero-order valence-corrected chi connectivity index (χ0v) is 11.6. The maximum Gasteiger partial charge on any atom is 0.110 e. The number of aromatic nitrogens is 1. The van der Waals surface area contributed by atoms with Crippen molar-refractivity contribution in [1.82, 2.24) is 10.3 Å². The van der Waals surface area contributed by atoms with Crippen LogP contribution in [0.4, 0.5) is 0 Å². The van der Waals surface area contributed by atoms with E-state index in [1.807, 2.05) is 6.92 Å². The number of rotatable bonds is 4. The van der Waals surface area contributed by atoms with E-state index in [4.69, 9.17) is 5.73 Å². The van der Waals surface area contributed by atoms with E-state index in [1.54, 1.807) is 11.3 Å². The summed E-state index contributed by atoms with van der Waals surface area (Å²) in [5.41, 5.74) is 7.27. The van der Waals surface area contributed by atoms with Crippen LogP contribution >= 0.6 is 11.3 Å². The van der Waals surface area contributed by atoms with Crippen molar-refractivity contribution in [3.05, 3.63) is 16.1 Å². The van der Waals surface area contributed by atoms with Crippen molar-refractivity contribution in [2.24, 2.45) is 11.7 Å². The molecule has 0 saturated heterocycles. The fraction of sp³-hybridized carbons (Fsp3) is 0.769. The lowest BCUT2D eigenvalue weighted by Gasteiger charge is -2.29. The van der Waals surface area contributed by atoms with Crippen LogP contribution in [0.2, 0.25) is 0 Å². The Balaban J connectivity index is 1.81. The van der Waals surface area contributed by atoms with Gasteiger partial charge in [0.2, 0.25) is 0 Å². The second-order valence-corrected chi connectivity index (χ2v) is 6.06. The van der Waals surface area contributed by atoms with E-state index in [0.29, 0.717) is 18.0 Å². The molecular weight excluding hydrogens is 230 g/mol. The van der Waals surface area contributed by atoms with Gasteiger partial charge in [0.05, 0.1) is 6.04 Å². The summed E-state index contributed by atoms with van der Waals surface area (Å²) in [6.07, 6.45) is 5.11. The van der Waals surface area contributed by atoms with Gasteiger partial charge in [-0.15, -0.1) is 11.3 Å². The van der Waals surface area contributed by atoms with E-state index >= 15 is 0 Å². The summed E-state index contributed by atoms with van der Waals surface area (Å²) in [7, 11) is 0. The molecule has 0 spiro atoms. The number of aryl methyl sites for hydroxylation is 1. The highest BCUT2D eigenvalue weighted by Crippen LogP contribution is 2.24. The minimum atomic E-state index is 0.350. The molecule has 96 valence electrons. The lowest BCUT2D eigenvalue weighted by molar-refractivity contribution is 0.289. The Bertz CT molecular complexity index is 350. The van der Waals surface area contributed by atoms with Crippen LogP contribution in [0.3, 0.4) is 0 Å². The summed E-state index contributed by atoms with van der Waals surface area (Å²) >= 11 is 1.74. The number of nitrogens with two attached hydrogens (primary N) is 1. The highest BCUT2D eigenvalue weighted by molar-refractivity contribution is 7.09. The molecular formula is C13H23N3S. The van der Waals surface area contributed by atoms with Crippen LogP contribution < -0.4 is 11.1 Å². The van der Waals surface area contributed by atoms with Gasteiger partial charge in [-0.25, -0.2) is 4.98 Å². The van der Waals surface area contributed by atoms with Gasteiger partial charge in [-0.1, -0.05) is 12.8 Å². The van der Waals surface area contributed by atoms with Crippen LogP contribution in [0.15, 0.2) is 5.38 Å². The first-order valence-electron chi connectivity index (χ1n) is 6.58. The quantitative estimate of drug-likeness (QED) is 0.867. The van der Waals surface area contributed by atoms with E-state index in [2.05, 4.69) is 22.6 Å². The van der Waals surface area contributed by atoms with E-state index in [1.165, 1.54) is 30.7 Å². The number of hydrogen-bond acceptors (Lipinski definition) is 4. The van der Waals surface area contributed by atoms with Crippen molar-refractivity contribution in [3.63, 3.8) is 0 Å². The SMILES string of the molecule is Cc1csc(C(C)NCC2CCCCC2N)n1. The molecule has 3 unspecified atom stereocenters. The van der Waals surface area contributed by atoms with E-state index < -0.39 is 0 Å². The Morgan fingerprint density at radius 3 is 2.94 bits per heavy atom. The van der Waals surface area contributed by atoms with Crippen LogP contribution in [0.1, 0.15) is 49.4 Å². The van der Waals surface area contributed by atoms with Crippen molar-refractivity contribution >= 4 is 11.3 Å². The van der Waals surface area contributed by atoms with Crippen LogP contribution in [-0.4, -0.2) is 17.6 Å². The Hall–Kier alpha value is -0.450. The van der Waals surface area contributed by atoms with E-state index in [-0.39, 0.29) is 0 Å². The number of nitrogens with zero attached hydrogens (tertiary/aromatic N) is 1. The van der Waals surface area contributed by atoms with Gasteiger partial charge in [-0.05, 0) is 32.6 Å². The average Bonchev–Trinajstić information content (AvgIpc) is 2.74. The third-order valence-corrected chi connectivity index (χ3v) is 4.81. The van der Waals surface area contributed by atoms with Crippen LogP contribution in [-0.2, 0) is 0 Å². The molecule has 1 aromatic rings. The van der Waals surface area contributed by atoms with Gasteiger partial charge in [0.1, 0.15) is 5.01 Å². The predicted molar refractivity (Wildman–Crippen MR) is 73.2 cm³/mol. The molecule has 0 bridgehead atoms. The molecule has 3 nitrogen and oxygen atoms in total. The molecule has 1 aliphatic rings. The van der Waals surface area contributed by atoms with Crippen molar-refractivity contribution < 1.29 is 0 Å². The molecule has 0 radical (unpaired) electrons. The van der Waals surface area contributed by atoms with Crippen molar-refractivity contribution in [3.8, 4) is 0 Å². The summed E-state index contributed by atoms with van der Waals surface area (Å²) in [5.74, 6) is 0.646. The largest absolute Gasteiger partial charge is 0.327 e. The van der Waals surface area contributed by atoms with Crippen LogP contribution in [0, 0.1) is 12.8 Å². The number of nitrogens with one attached hydrogen (secondary N) is 1. The van der Waals surface area contributed by atoms with Crippen LogP contribution in [0.5, 0.6) is 0 Å². The number of hydrogen-bond donors (Lipinski definition) is 2. The summed E-state index contributed by atoms with van der Waals surface area (Å²) in [6, 6.07) is 0.740. The first-order valence-corrected chi connectivity index (χ1v) is 7.46. The third-order valence-electron chi connectivity index (χ3n) is 3.66. The van der Waals surface area contributed by atoms with Crippen LogP contribution in [0.25, 0.3) is 0 Å². The highest BCUT2D eigenvalue weighted by atomic mass is 32.1. The van der Waals surface area contributed by atoms with Gasteiger partial charge in [0.25, 0.3) is 0 Å². The normalized spacial score (nSPS) is 27.0. The molecule has 4 heteroatoms. The first-order chi connectivity index (χ1) is 8.16. The molecule has 0 aromatic carbocycles. The standard InChI is InChI=1S/C13H23N3S/c1-9-8-17-13(16-9)10(2)15-7-11-5-3-4-6-12(11)14/h8,10-12,15H,3-7,14H2,1-2H3. The Morgan fingerprint density at radius 1 is 1.53 bits per heavy atom. The first kappa shape index (κ1) is 13.0. The lowest BCUT2D eigenvalue weighted by Crippen LogP contribution is -2.39. The molecule has 1 fully saturated rings. The molecule has 0 aliphatic heterocycles. The maximum atomic E-state index is 6.15. The Labute approximate surface area is 108 Å². The van der Waals surface area contributed by atoms with Gasteiger partial charge in [-0.2, -0.15) is 0 Å². The van der Waals surface area contributed by atoms with Gasteiger partial charge in [-0.3, -0.25) is 0 Å². The topological polar surface area (TPSA) is 50.9 Å². The summed E-state index contributed by atoms with van der Waals surface area (Å²) in [4.78, 5) is 4.52. The van der Waals surface area contributed by atoms with Gasteiger partial charge >= 0.3 is 0 Å². The zero-order chi connectivity index (χ0) is 12.3. The zero-order valence-electron chi connectivity index (χ0n) is 10.8. The minimum absolute atomic E-state index is 0.350. The van der Waals surface area contributed by atoms with Gasteiger partial charge in [0.15, 0.2) is 0 Å². The molecule has 1 aliphatic carbocycles. The van der Waals surface area contributed by atoms with Crippen molar-refractivity contribution in [2.45, 2.75) is 51.6 Å². The Morgan fingerprint density at radius 2 is 2.29 bits per heavy atom. The van der Waals surface area contributed by atoms with Crippen molar-refractivity contribution in [2.75, 3.05) is 6.54 Å². The van der Waals surface area contributed by atoms with Gasteiger partial charge in [0, 0.05) is 23.7 Å². The monoisotopic (exact) mass is 253 g/mol.